The molecule has 0 spiro atoms. The number of benzene rings is 4. The second-order valence-electron chi connectivity index (χ2n) is 9.79. The van der Waals surface area contributed by atoms with Gasteiger partial charge in [-0.1, -0.05) is 54.6 Å². The molecule has 0 saturated carbocycles. The first-order valence-electron chi connectivity index (χ1n) is 12.2. The highest BCUT2D eigenvalue weighted by atomic mass is 16.7. The third kappa shape index (κ3) is 3.24. The molecule has 7 heteroatoms. The summed E-state index contributed by atoms with van der Waals surface area (Å²) in [4.78, 5) is 0. The second-order valence-corrected chi connectivity index (χ2v) is 9.79. The normalized spacial score (nSPS) is 24.9. The molecule has 7 nitrogen and oxygen atoms in total. The Hall–Kier alpha value is -4.36. The molecule has 0 amide bonds. The summed E-state index contributed by atoms with van der Waals surface area (Å²) in [7, 11) is 0. The highest BCUT2D eigenvalue weighted by molar-refractivity contribution is 5.64. The molecule has 3 aliphatic rings. The van der Waals surface area contributed by atoms with Crippen molar-refractivity contribution in [2.24, 2.45) is 0 Å². The maximum absolute atomic E-state index is 11.0. The minimum atomic E-state index is -1.08. The van der Waals surface area contributed by atoms with Crippen LogP contribution in [0.2, 0.25) is 0 Å². The predicted octanol–water partition coefficient (Wildman–Crippen LogP) is 5.00. The summed E-state index contributed by atoms with van der Waals surface area (Å²) in [6.45, 7) is 0. The third-order valence-corrected chi connectivity index (χ3v) is 7.58. The molecule has 0 unspecified atom stereocenters. The largest absolute Gasteiger partial charge is 0.507 e. The molecule has 3 aliphatic heterocycles. The Kier molecular flexibility index (Phi) is 4.62. The van der Waals surface area contributed by atoms with Gasteiger partial charge in [0.25, 0.3) is 5.79 Å². The van der Waals surface area contributed by atoms with Gasteiger partial charge in [0.15, 0.2) is 11.5 Å². The van der Waals surface area contributed by atoms with Crippen LogP contribution in [-0.2, 0) is 12.2 Å². The van der Waals surface area contributed by atoms with Crippen LogP contribution in [0.4, 0.5) is 0 Å². The summed E-state index contributed by atoms with van der Waals surface area (Å²) in [5.74, 6) is -0.199. The van der Waals surface area contributed by atoms with Gasteiger partial charge in [0.2, 0.25) is 0 Å². The average Bonchev–Trinajstić information content (AvgIpc) is 2.91. The molecule has 37 heavy (non-hydrogen) atoms. The fraction of sp³-hybridized carbons (Fsp3) is 0.200. The van der Waals surface area contributed by atoms with Gasteiger partial charge in [0.1, 0.15) is 29.1 Å². The fourth-order valence-corrected chi connectivity index (χ4v) is 5.84. The van der Waals surface area contributed by atoms with Crippen molar-refractivity contribution < 1.29 is 34.6 Å². The van der Waals surface area contributed by atoms with Crippen LogP contribution in [0, 0.1) is 0 Å². The number of phenolic OH excluding ortho intramolecular Hbond substituents is 3. The average molecular weight is 497 g/mol. The van der Waals surface area contributed by atoms with Crippen LogP contribution in [0.3, 0.4) is 0 Å². The lowest BCUT2D eigenvalue weighted by Gasteiger charge is -2.47. The summed E-state index contributed by atoms with van der Waals surface area (Å²) in [5.41, 5.74) is 3.65. The summed E-state index contributed by atoms with van der Waals surface area (Å²) in [6.07, 6.45) is -1.15. The zero-order valence-electron chi connectivity index (χ0n) is 19.7. The first-order valence-corrected chi connectivity index (χ1v) is 12.2. The van der Waals surface area contributed by atoms with Crippen molar-refractivity contribution in [2.75, 3.05) is 0 Å². The molecule has 4 aromatic rings. The van der Waals surface area contributed by atoms with Gasteiger partial charge in [-0.05, 0) is 23.8 Å². The molecule has 186 valence electrons. The molecule has 2 bridgehead atoms. The molecule has 4 aromatic carbocycles. The van der Waals surface area contributed by atoms with Crippen LogP contribution in [0.5, 0.6) is 34.5 Å². The lowest BCUT2D eigenvalue weighted by Crippen LogP contribution is -2.47. The van der Waals surface area contributed by atoms with Gasteiger partial charge >= 0.3 is 0 Å². The molecule has 4 N–H and O–H groups in total. The van der Waals surface area contributed by atoms with E-state index in [4.69, 9.17) is 14.2 Å². The number of ether oxygens (including phenoxy) is 3. The van der Waals surface area contributed by atoms with Crippen molar-refractivity contribution in [1.29, 1.82) is 0 Å². The Bertz CT molecular complexity index is 1530. The smallest absolute Gasteiger partial charge is 0.278 e. The quantitative estimate of drug-likeness (QED) is 0.289. The van der Waals surface area contributed by atoms with Crippen LogP contribution >= 0.6 is 0 Å². The van der Waals surface area contributed by atoms with Crippen LogP contribution in [0.25, 0.3) is 0 Å². The van der Waals surface area contributed by atoms with Crippen molar-refractivity contribution in [2.45, 2.75) is 36.8 Å². The second kappa shape index (κ2) is 7.82. The van der Waals surface area contributed by atoms with E-state index < -0.39 is 18.0 Å². The summed E-state index contributed by atoms with van der Waals surface area (Å²) in [6, 6.07) is 23.5. The van der Waals surface area contributed by atoms with Crippen molar-refractivity contribution >= 4 is 0 Å². The number of phenols is 3. The molecule has 0 radical (unpaired) electrons. The summed E-state index contributed by atoms with van der Waals surface area (Å²) in [5, 5.41) is 41.8. The highest BCUT2D eigenvalue weighted by Gasteiger charge is 2.52. The first kappa shape index (κ1) is 21.9. The lowest BCUT2D eigenvalue weighted by molar-refractivity contribution is -0.149. The minimum Gasteiger partial charge on any atom is -0.507 e. The molecular formula is C30H24O7. The molecule has 0 aromatic heterocycles. The van der Waals surface area contributed by atoms with E-state index >= 15 is 0 Å². The molecular weight excluding hydrogens is 472 g/mol. The van der Waals surface area contributed by atoms with Crippen molar-refractivity contribution in [3.8, 4) is 34.5 Å². The van der Waals surface area contributed by atoms with Gasteiger partial charge in [-0.15, -0.1) is 0 Å². The summed E-state index contributed by atoms with van der Waals surface area (Å²) >= 11 is 0. The van der Waals surface area contributed by atoms with Crippen LogP contribution in [0.15, 0.2) is 78.9 Å². The lowest BCUT2D eigenvalue weighted by atomic mass is 9.76. The van der Waals surface area contributed by atoms with E-state index in [0.717, 1.165) is 16.7 Å². The Morgan fingerprint density at radius 3 is 2.32 bits per heavy atom. The van der Waals surface area contributed by atoms with Crippen LogP contribution in [0.1, 0.15) is 46.3 Å². The Labute approximate surface area is 212 Å². The van der Waals surface area contributed by atoms with E-state index in [-0.39, 0.29) is 29.6 Å². The van der Waals surface area contributed by atoms with Crippen LogP contribution in [-0.4, -0.2) is 26.5 Å². The number of hydrogen-bond acceptors (Lipinski definition) is 7. The molecule has 0 fully saturated rings. The number of aliphatic hydroxyl groups is 1. The number of hydrogen-bond donors (Lipinski definition) is 4. The number of para-hydroxylation sites is 1. The molecule has 0 saturated heterocycles. The van der Waals surface area contributed by atoms with Gasteiger partial charge in [-0.3, -0.25) is 0 Å². The standard InChI is InChI=1S/C30H24O7/c31-21-11-10-16(12-23(21)33)28-24(34)13-19-22(32)14-26-27(29(19)35-28)20-15-30(37-26,17-6-2-1-3-7-17)36-25-9-5-4-8-18(20)25/h1-12,14,20,24,28,31-34H,13,15H2/t20-,24-,28+,30-/m1/s1. The maximum atomic E-state index is 11.0. The van der Waals surface area contributed by atoms with Crippen LogP contribution < -0.4 is 14.2 Å². The molecule has 7 rings (SSSR count). The minimum absolute atomic E-state index is 0.0312. The topological polar surface area (TPSA) is 109 Å². The maximum Gasteiger partial charge on any atom is 0.278 e. The molecule has 3 heterocycles. The Morgan fingerprint density at radius 1 is 0.757 bits per heavy atom. The van der Waals surface area contributed by atoms with Gasteiger partial charge in [0.05, 0.1) is 6.10 Å². The number of aromatic hydroxyl groups is 3. The Balaban J connectivity index is 1.41. The van der Waals surface area contributed by atoms with E-state index in [9.17, 15) is 20.4 Å². The van der Waals surface area contributed by atoms with Crippen molar-refractivity contribution in [3.05, 3.63) is 107 Å². The number of fused-ring (bicyclic) bond motifs is 8. The van der Waals surface area contributed by atoms with E-state index in [2.05, 4.69) is 0 Å². The van der Waals surface area contributed by atoms with Gasteiger partial charge in [-0.25, -0.2) is 0 Å². The van der Waals surface area contributed by atoms with E-state index in [1.165, 1.54) is 12.1 Å². The van der Waals surface area contributed by atoms with E-state index in [0.29, 0.717) is 34.8 Å². The molecule has 4 atom stereocenters. The SMILES string of the molecule is Oc1ccc([C@@H]2Oc3c(c(O)cc4c3[C@@H]3C[C@@](c5ccccc5)(Oc5ccccc53)O4)C[C@H]2O)cc1O. The highest BCUT2D eigenvalue weighted by Crippen LogP contribution is 2.60. The monoisotopic (exact) mass is 496 g/mol. The van der Waals surface area contributed by atoms with Gasteiger partial charge < -0.3 is 34.6 Å². The van der Waals surface area contributed by atoms with Crippen molar-refractivity contribution in [3.63, 3.8) is 0 Å². The van der Waals surface area contributed by atoms with Crippen molar-refractivity contribution in [1.82, 2.24) is 0 Å². The fourth-order valence-electron chi connectivity index (χ4n) is 5.84. The molecule has 0 aliphatic carbocycles. The third-order valence-electron chi connectivity index (χ3n) is 7.58. The van der Waals surface area contributed by atoms with Gasteiger partial charge in [-0.2, -0.15) is 0 Å². The number of rotatable bonds is 2. The summed E-state index contributed by atoms with van der Waals surface area (Å²) < 4.78 is 19.5. The zero-order valence-corrected chi connectivity index (χ0v) is 19.7. The Morgan fingerprint density at radius 2 is 1.51 bits per heavy atom. The first-order chi connectivity index (χ1) is 17.9. The zero-order chi connectivity index (χ0) is 25.3. The van der Waals surface area contributed by atoms with E-state index in [1.54, 1.807) is 12.1 Å². The van der Waals surface area contributed by atoms with E-state index in [1.807, 2.05) is 54.6 Å². The van der Waals surface area contributed by atoms with Gasteiger partial charge in [0, 0.05) is 47.1 Å². The predicted molar refractivity (Wildman–Crippen MR) is 133 cm³/mol. The number of aliphatic hydroxyl groups excluding tert-OH is 1.